The Morgan fingerprint density at radius 3 is 2.93 bits per heavy atom. The third-order valence-corrected chi connectivity index (χ3v) is 5.25. The molecule has 3 rings (SSSR count). The van der Waals surface area contributed by atoms with Crippen molar-refractivity contribution in [2.24, 2.45) is 4.99 Å². The van der Waals surface area contributed by atoms with E-state index in [2.05, 4.69) is 20.6 Å². The highest BCUT2D eigenvalue weighted by Crippen LogP contribution is 2.23. The molecule has 2 N–H and O–H groups in total. The highest BCUT2D eigenvalue weighted by Gasteiger charge is 2.24. The number of hydrogen-bond donors (Lipinski definition) is 2. The lowest BCUT2D eigenvalue weighted by Crippen LogP contribution is -2.49. The van der Waals surface area contributed by atoms with Crippen LogP contribution in [0.25, 0.3) is 10.8 Å². The number of carbonyl (C=O) groups excluding carboxylic acids is 1. The number of nitrogens with zero attached hydrogens (tertiary/aromatic N) is 3. The molecule has 1 amide bonds. The van der Waals surface area contributed by atoms with Crippen molar-refractivity contribution in [2.45, 2.75) is 39.3 Å². The average molecular weight is 406 g/mol. The molecule has 1 saturated heterocycles. The van der Waals surface area contributed by atoms with Gasteiger partial charge in [-0.3, -0.25) is 0 Å². The smallest absolute Gasteiger partial charge is 0.409 e. The van der Waals surface area contributed by atoms with Crippen LogP contribution in [0.15, 0.2) is 33.2 Å². The van der Waals surface area contributed by atoms with E-state index in [1.165, 1.54) is 0 Å². The minimum Gasteiger partial charge on any atom is -0.450 e. The summed E-state index contributed by atoms with van der Waals surface area (Å²) in [5.74, 6) is 1.38. The number of carbonyl (C=O) groups is 1. The number of nitrogens with one attached hydrogen (secondary N) is 2. The van der Waals surface area contributed by atoms with Gasteiger partial charge >= 0.3 is 6.09 Å². The Balaban J connectivity index is 1.53. The number of aliphatic imine (C=N–C) groups is 1. The lowest BCUT2D eigenvalue weighted by atomic mass is 10.1. The number of oxazole rings is 1. The average Bonchev–Trinajstić information content (AvgIpc) is 3.39. The zero-order valence-electron chi connectivity index (χ0n) is 16.3. The molecular weight excluding hydrogens is 378 g/mol. The first-order valence-corrected chi connectivity index (χ1v) is 10.5. The van der Waals surface area contributed by atoms with E-state index in [1.54, 1.807) is 22.5 Å². The second-order valence-electron chi connectivity index (χ2n) is 6.42. The van der Waals surface area contributed by atoms with E-state index in [9.17, 15) is 4.79 Å². The fourth-order valence-electron chi connectivity index (χ4n) is 2.99. The van der Waals surface area contributed by atoms with E-state index in [0.29, 0.717) is 32.1 Å². The molecule has 0 radical (unpaired) electrons. The molecule has 0 unspecified atom stereocenters. The van der Waals surface area contributed by atoms with Crippen LogP contribution in [0.2, 0.25) is 0 Å². The minimum absolute atomic E-state index is 0.228. The van der Waals surface area contributed by atoms with Crippen LogP contribution >= 0.6 is 11.3 Å². The molecule has 2 aromatic rings. The molecular formula is C19H27N5O3S. The molecule has 0 spiro atoms. The Morgan fingerprint density at radius 2 is 2.25 bits per heavy atom. The number of hydrogen-bond acceptors (Lipinski definition) is 6. The number of piperidine rings is 1. The topological polar surface area (TPSA) is 92.0 Å². The Hall–Kier alpha value is -2.55. The van der Waals surface area contributed by atoms with Crippen molar-refractivity contribution in [2.75, 3.05) is 26.2 Å². The molecule has 3 heterocycles. The van der Waals surface area contributed by atoms with E-state index in [-0.39, 0.29) is 12.1 Å². The number of guanidine groups is 1. The van der Waals surface area contributed by atoms with Gasteiger partial charge in [0.1, 0.15) is 12.0 Å². The van der Waals surface area contributed by atoms with Crippen molar-refractivity contribution < 1.29 is 13.9 Å². The van der Waals surface area contributed by atoms with Gasteiger partial charge < -0.3 is 24.7 Å². The maximum Gasteiger partial charge on any atom is 0.409 e. The second kappa shape index (κ2) is 10.1. The molecule has 152 valence electrons. The summed E-state index contributed by atoms with van der Waals surface area (Å²) in [6.45, 7) is 6.84. The van der Waals surface area contributed by atoms with Gasteiger partial charge in [-0.05, 0) is 38.1 Å². The van der Waals surface area contributed by atoms with Gasteiger partial charge in [-0.25, -0.2) is 14.8 Å². The van der Waals surface area contributed by atoms with Gasteiger partial charge in [0, 0.05) is 25.7 Å². The highest BCUT2D eigenvalue weighted by atomic mass is 32.1. The molecule has 9 heteroatoms. The number of rotatable bonds is 6. The standard InChI is InChI=1S/C19H27N5O3S/c1-3-20-18(23-14-7-9-24(10-8-14)19(25)26-4-2)21-12-15-13-27-17(22-15)16-6-5-11-28-16/h5-6,11,13-14H,3-4,7-10,12H2,1-2H3,(H2,20,21,23). The van der Waals surface area contributed by atoms with Crippen LogP contribution in [0.1, 0.15) is 32.4 Å². The maximum atomic E-state index is 11.8. The molecule has 0 aromatic carbocycles. The largest absolute Gasteiger partial charge is 0.450 e. The molecule has 0 saturated carbocycles. The van der Waals surface area contributed by atoms with Crippen molar-refractivity contribution in [3.05, 3.63) is 29.5 Å². The van der Waals surface area contributed by atoms with Crippen molar-refractivity contribution in [3.63, 3.8) is 0 Å². The van der Waals surface area contributed by atoms with Gasteiger partial charge in [-0.2, -0.15) is 0 Å². The van der Waals surface area contributed by atoms with Crippen LogP contribution in [-0.2, 0) is 11.3 Å². The summed E-state index contributed by atoms with van der Waals surface area (Å²) in [6.07, 6.45) is 3.14. The summed E-state index contributed by atoms with van der Waals surface area (Å²) in [5, 5.41) is 8.72. The van der Waals surface area contributed by atoms with E-state index in [4.69, 9.17) is 9.15 Å². The molecule has 0 bridgehead atoms. The molecule has 0 aliphatic carbocycles. The van der Waals surface area contributed by atoms with Gasteiger partial charge in [0.05, 0.1) is 18.0 Å². The summed E-state index contributed by atoms with van der Waals surface area (Å²) < 4.78 is 10.6. The molecule has 8 nitrogen and oxygen atoms in total. The van der Waals surface area contributed by atoms with Crippen LogP contribution in [-0.4, -0.2) is 54.2 Å². The Bertz CT molecular complexity index is 766. The van der Waals surface area contributed by atoms with Crippen molar-refractivity contribution >= 4 is 23.4 Å². The van der Waals surface area contributed by atoms with E-state index in [0.717, 1.165) is 35.9 Å². The van der Waals surface area contributed by atoms with E-state index < -0.39 is 0 Å². The first kappa shape index (κ1) is 20.2. The number of thiophene rings is 1. The first-order chi connectivity index (χ1) is 13.7. The molecule has 2 aromatic heterocycles. The summed E-state index contributed by atoms with van der Waals surface area (Å²) in [6, 6.07) is 4.22. The number of likely N-dealkylation sites (tertiary alicyclic amines) is 1. The normalized spacial score (nSPS) is 15.5. The molecule has 0 atom stereocenters. The fourth-order valence-corrected chi connectivity index (χ4v) is 3.64. The Kier molecular flexibility index (Phi) is 7.30. The third-order valence-electron chi connectivity index (χ3n) is 4.39. The van der Waals surface area contributed by atoms with Gasteiger partial charge in [0.15, 0.2) is 5.96 Å². The summed E-state index contributed by atoms with van der Waals surface area (Å²) >= 11 is 1.60. The monoisotopic (exact) mass is 405 g/mol. The SMILES string of the molecule is CCNC(=NCc1coc(-c2cccs2)n1)NC1CCN(C(=O)OCC)CC1. The maximum absolute atomic E-state index is 11.8. The predicted octanol–water partition coefficient (Wildman–Crippen LogP) is 3.08. The van der Waals surface area contributed by atoms with Crippen molar-refractivity contribution in [3.8, 4) is 10.8 Å². The zero-order chi connectivity index (χ0) is 19.8. The van der Waals surface area contributed by atoms with Crippen molar-refractivity contribution in [1.29, 1.82) is 0 Å². The number of ether oxygens (including phenoxy) is 1. The summed E-state index contributed by atoms with van der Waals surface area (Å²) in [5.41, 5.74) is 0.790. The first-order valence-electron chi connectivity index (χ1n) is 9.64. The zero-order valence-corrected chi connectivity index (χ0v) is 17.1. The van der Waals surface area contributed by atoms with Gasteiger partial charge in [0.25, 0.3) is 0 Å². The highest BCUT2D eigenvalue weighted by molar-refractivity contribution is 7.13. The third kappa shape index (κ3) is 5.48. The Labute approximate surface area is 169 Å². The lowest BCUT2D eigenvalue weighted by molar-refractivity contribution is 0.0963. The predicted molar refractivity (Wildman–Crippen MR) is 109 cm³/mol. The Morgan fingerprint density at radius 1 is 1.43 bits per heavy atom. The molecule has 28 heavy (non-hydrogen) atoms. The van der Waals surface area contributed by atoms with Crippen LogP contribution < -0.4 is 10.6 Å². The van der Waals surface area contributed by atoms with E-state index >= 15 is 0 Å². The van der Waals surface area contributed by atoms with E-state index in [1.807, 2.05) is 31.4 Å². The van der Waals surface area contributed by atoms with Crippen LogP contribution in [0.3, 0.4) is 0 Å². The van der Waals surface area contributed by atoms with Gasteiger partial charge in [-0.1, -0.05) is 6.07 Å². The quantitative estimate of drug-likeness (QED) is 0.567. The summed E-state index contributed by atoms with van der Waals surface area (Å²) in [7, 11) is 0. The van der Waals surface area contributed by atoms with Gasteiger partial charge in [0.2, 0.25) is 5.89 Å². The van der Waals surface area contributed by atoms with Crippen LogP contribution in [0.4, 0.5) is 4.79 Å². The molecule has 1 fully saturated rings. The summed E-state index contributed by atoms with van der Waals surface area (Å²) in [4.78, 5) is 23.7. The second-order valence-corrected chi connectivity index (χ2v) is 7.37. The molecule has 1 aliphatic heterocycles. The molecule has 1 aliphatic rings. The van der Waals surface area contributed by atoms with Gasteiger partial charge in [-0.15, -0.1) is 11.3 Å². The van der Waals surface area contributed by atoms with Crippen LogP contribution in [0.5, 0.6) is 0 Å². The number of aromatic nitrogens is 1. The van der Waals surface area contributed by atoms with Crippen molar-refractivity contribution in [1.82, 2.24) is 20.5 Å². The van der Waals surface area contributed by atoms with Crippen LogP contribution in [0, 0.1) is 0 Å². The minimum atomic E-state index is -0.228. The fraction of sp³-hybridized carbons (Fsp3) is 0.526. The lowest BCUT2D eigenvalue weighted by Gasteiger charge is -2.32. The number of amides is 1.